The van der Waals surface area contributed by atoms with E-state index in [-0.39, 0.29) is 12.4 Å². The number of rotatable bonds is 10. The van der Waals surface area contributed by atoms with E-state index < -0.39 is 0 Å². The van der Waals surface area contributed by atoms with Crippen molar-refractivity contribution in [1.82, 2.24) is 15.0 Å². The first-order valence-corrected chi connectivity index (χ1v) is 13.4. The van der Waals surface area contributed by atoms with Gasteiger partial charge in [0.2, 0.25) is 5.95 Å². The first kappa shape index (κ1) is 28.8. The zero-order valence-corrected chi connectivity index (χ0v) is 24.0. The van der Waals surface area contributed by atoms with Crippen LogP contribution >= 0.6 is 35.3 Å². The number of anilines is 4. The van der Waals surface area contributed by atoms with Crippen LogP contribution in [0.2, 0.25) is 5.02 Å². The van der Waals surface area contributed by atoms with Crippen molar-refractivity contribution in [3.05, 3.63) is 59.8 Å². The van der Waals surface area contributed by atoms with Gasteiger partial charge in [0.05, 0.1) is 53.9 Å². The molecule has 0 atom stereocenters. The molecule has 2 aromatic heterocycles. The topological polar surface area (TPSA) is 93.7 Å². The molecule has 2 N–H and O–H groups in total. The zero-order chi connectivity index (χ0) is 26.3. The van der Waals surface area contributed by atoms with Gasteiger partial charge in [-0.1, -0.05) is 35.1 Å². The minimum absolute atomic E-state index is 0. The highest BCUT2D eigenvalue weighted by atomic mass is 35.5. The van der Waals surface area contributed by atoms with Crippen molar-refractivity contribution >= 4 is 57.8 Å². The Morgan fingerprint density at radius 1 is 1.08 bits per heavy atom. The Bertz CT molecular complexity index is 1380. The van der Waals surface area contributed by atoms with Gasteiger partial charge in [-0.3, -0.25) is 0 Å². The van der Waals surface area contributed by atoms with Crippen LogP contribution in [0.15, 0.2) is 54.7 Å². The fourth-order valence-electron chi connectivity index (χ4n) is 4.12. The molecule has 0 aliphatic carbocycles. The highest BCUT2D eigenvalue weighted by Crippen LogP contribution is 2.39. The van der Waals surface area contributed by atoms with E-state index in [4.69, 9.17) is 35.8 Å². The molecule has 1 fully saturated rings. The van der Waals surface area contributed by atoms with Gasteiger partial charge < -0.3 is 29.7 Å². The lowest BCUT2D eigenvalue weighted by molar-refractivity contribution is 0.122. The van der Waals surface area contributed by atoms with Crippen molar-refractivity contribution in [1.29, 1.82) is 0 Å². The SMILES string of the molecule is COCCNc1nc(-c2cccc(OC)c2)c(-c2ccnc(Nc3ccc(N4CCOCC4)c(Cl)c3)n2)s1.Cl. The van der Waals surface area contributed by atoms with E-state index >= 15 is 0 Å². The first-order valence-electron chi connectivity index (χ1n) is 12.3. The van der Waals surface area contributed by atoms with Gasteiger partial charge >= 0.3 is 0 Å². The number of aromatic nitrogens is 3. The molecule has 0 radical (unpaired) electrons. The summed E-state index contributed by atoms with van der Waals surface area (Å²) in [5.74, 6) is 1.23. The number of hydrogen-bond donors (Lipinski definition) is 2. The van der Waals surface area contributed by atoms with Gasteiger partial charge in [-0.05, 0) is 36.4 Å². The quantitative estimate of drug-likeness (QED) is 0.217. The molecular weight excluding hydrogens is 559 g/mol. The average molecular weight is 590 g/mol. The van der Waals surface area contributed by atoms with E-state index in [9.17, 15) is 0 Å². The molecule has 39 heavy (non-hydrogen) atoms. The minimum Gasteiger partial charge on any atom is -0.497 e. The molecule has 3 heterocycles. The van der Waals surface area contributed by atoms with Crippen LogP contribution in [0.3, 0.4) is 0 Å². The number of nitrogens with zero attached hydrogens (tertiary/aromatic N) is 4. The molecule has 0 amide bonds. The summed E-state index contributed by atoms with van der Waals surface area (Å²) in [5.41, 5.74) is 4.32. The fourth-order valence-corrected chi connectivity index (χ4v) is 5.40. The number of hydrogen-bond acceptors (Lipinski definition) is 10. The van der Waals surface area contributed by atoms with Crippen molar-refractivity contribution in [3.8, 4) is 27.6 Å². The second-order valence-electron chi connectivity index (χ2n) is 8.50. The zero-order valence-electron chi connectivity index (χ0n) is 21.6. The molecule has 9 nitrogen and oxygen atoms in total. The van der Waals surface area contributed by atoms with Crippen LogP contribution in [0.4, 0.5) is 22.5 Å². The van der Waals surface area contributed by atoms with Crippen molar-refractivity contribution in [3.63, 3.8) is 0 Å². The lowest BCUT2D eigenvalue weighted by Crippen LogP contribution is -2.36. The monoisotopic (exact) mass is 588 g/mol. The molecule has 1 saturated heterocycles. The van der Waals surface area contributed by atoms with Crippen LogP contribution in [-0.2, 0) is 9.47 Å². The van der Waals surface area contributed by atoms with Gasteiger partial charge in [0, 0.05) is 44.2 Å². The third-order valence-electron chi connectivity index (χ3n) is 6.00. The second kappa shape index (κ2) is 13.8. The summed E-state index contributed by atoms with van der Waals surface area (Å²) in [6, 6.07) is 15.6. The third kappa shape index (κ3) is 7.09. The highest BCUT2D eigenvalue weighted by molar-refractivity contribution is 7.19. The maximum Gasteiger partial charge on any atom is 0.227 e. The first-order chi connectivity index (χ1) is 18.6. The molecule has 0 bridgehead atoms. The van der Waals surface area contributed by atoms with Crippen LogP contribution in [0.5, 0.6) is 5.75 Å². The number of nitrogens with one attached hydrogen (secondary N) is 2. The van der Waals surface area contributed by atoms with Crippen LogP contribution in [-0.4, -0.2) is 68.6 Å². The van der Waals surface area contributed by atoms with E-state index in [0.29, 0.717) is 37.3 Å². The van der Waals surface area contributed by atoms with E-state index in [1.165, 1.54) is 11.3 Å². The summed E-state index contributed by atoms with van der Waals surface area (Å²) in [6.45, 7) is 4.29. The van der Waals surface area contributed by atoms with E-state index in [1.54, 1.807) is 20.4 Å². The van der Waals surface area contributed by atoms with Crippen LogP contribution in [0.1, 0.15) is 0 Å². The Labute approximate surface area is 242 Å². The van der Waals surface area contributed by atoms with Gasteiger partial charge in [0.15, 0.2) is 5.13 Å². The Balaban J connectivity index is 0.00000353. The third-order valence-corrected chi connectivity index (χ3v) is 7.33. The smallest absolute Gasteiger partial charge is 0.227 e. The molecule has 0 unspecified atom stereocenters. The number of benzene rings is 2. The van der Waals surface area contributed by atoms with Crippen LogP contribution in [0.25, 0.3) is 21.8 Å². The molecule has 1 aliphatic heterocycles. The number of ether oxygens (including phenoxy) is 3. The Morgan fingerprint density at radius 2 is 1.92 bits per heavy atom. The standard InChI is InChI=1S/C27H29ClN6O3S.ClH/c1-35-13-10-30-27-33-24(18-4-3-5-20(16-18)36-2)25(38-27)22-8-9-29-26(32-22)31-19-6-7-23(21(28)17-19)34-11-14-37-15-12-34;/h3-9,16-17H,10-15H2,1-2H3,(H,30,33)(H,29,31,32);1H. The number of morpholine rings is 1. The highest BCUT2D eigenvalue weighted by Gasteiger charge is 2.18. The predicted molar refractivity (Wildman–Crippen MR) is 161 cm³/mol. The summed E-state index contributed by atoms with van der Waals surface area (Å²) >= 11 is 8.16. The summed E-state index contributed by atoms with van der Waals surface area (Å²) in [7, 11) is 3.33. The normalized spacial score (nSPS) is 13.1. The summed E-state index contributed by atoms with van der Waals surface area (Å²) in [6.07, 6.45) is 1.74. The van der Waals surface area contributed by atoms with E-state index in [2.05, 4.69) is 20.5 Å². The van der Waals surface area contributed by atoms with E-state index in [1.807, 2.05) is 48.5 Å². The molecule has 12 heteroatoms. The number of thiazole rings is 1. The maximum absolute atomic E-state index is 6.63. The molecule has 2 aromatic carbocycles. The Morgan fingerprint density at radius 3 is 2.69 bits per heavy atom. The number of halogens is 2. The largest absolute Gasteiger partial charge is 0.497 e. The van der Waals surface area contributed by atoms with Gasteiger partial charge in [-0.15, -0.1) is 12.4 Å². The maximum atomic E-state index is 6.63. The van der Waals surface area contributed by atoms with Crippen LogP contribution < -0.4 is 20.3 Å². The Kier molecular flexibility index (Phi) is 10.2. The summed E-state index contributed by atoms with van der Waals surface area (Å²) in [4.78, 5) is 17.3. The lowest BCUT2D eigenvalue weighted by Gasteiger charge is -2.29. The van der Waals surface area contributed by atoms with Gasteiger partial charge in [-0.2, -0.15) is 0 Å². The van der Waals surface area contributed by atoms with Gasteiger partial charge in [-0.25, -0.2) is 15.0 Å². The van der Waals surface area contributed by atoms with E-state index in [0.717, 1.165) is 57.2 Å². The van der Waals surface area contributed by atoms with Crippen molar-refractivity contribution < 1.29 is 14.2 Å². The molecule has 206 valence electrons. The molecular formula is C27H30Cl2N6O3S. The molecule has 0 saturated carbocycles. The number of methoxy groups -OCH3 is 2. The molecule has 1 aliphatic rings. The lowest BCUT2D eigenvalue weighted by atomic mass is 10.1. The molecule has 5 rings (SSSR count). The predicted octanol–water partition coefficient (Wildman–Crippen LogP) is 5.99. The summed E-state index contributed by atoms with van der Waals surface area (Å²) < 4.78 is 16.1. The van der Waals surface area contributed by atoms with Gasteiger partial charge in [0.25, 0.3) is 0 Å². The second-order valence-corrected chi connectivity index (χ2v) is 9.91. The van der Waals surface area contributed by atoms with Crippen molar-refractivity contribution in [2.45, 2.75) is 0 Å². The average Bonchev–Trinajstić information content (AvgIpc) is 3.38. The van der Waals surface area contributed by atoms with Crippen LogP contribution in [0, 0.1) is 0 Å². The summed E-state index contributed by atoms with van der Waals surface area (Å²) in [5, 5.41) is 8.08. The van der Waals surface area contributed by atoms with Gasteiger partial charge in [0.1, 0.15) is 5.75 Å². The molecule has 4 aromatic rings. The fraction of sp³-hybridized carbons (Fsp3) is 0.296. The van der Waals surface area contributed by atoms with Crippen molar-refractivity contribution in [2.75, 3.05) is 69.2 Å². The Hall–Kier alpha value is -3.15. The minimum atomic E-state index is 0. The van der Waals surface area contributed by atoms with Crippen molar-refractivity contribution in [2.24, 2.45) is 0 Å². The molecule has 0 spiro atoms.